The molecule has 0 saturated heterocycles. The van der Waals surface area contributed by atoms with Gasteiger partial charge in [0.05, 0.1) is 6.61 Å². The number of alkyl halides is 1. The molecule has 1 N–H and O–H groups in total. The molecule has 0 spiro atoms. The smallest absolute Gasteiger partial charge is 0.119 e. The zero-order valence-corrected chi connectivity index (χ0v) is 11.3. The van der Waals surface area contributed by atoms with E-state index in [0.29, 0.717) is 11.4 Å². The summed E-state index contributed by atoms with van der Waals surface area (Å²) in [7, 11) is 0. The first-order valence-electron chi connectivity index (χ1n) is 5.65. The molecule has 0 amide bonds. The van der Waals surface area contributed by atoms with Crippen molar-refractivity contribution in [2.75, 3.05) is 6.61 Å². The van der Waals surface area contributed by atoms with Gasteiger partial charge in [0.25, 0.3) is 0 Å². The van der Waals surface area contributed by atoms with Gasteiger partial charge in [-0.15, -0.1) is 0 Å². The molecular weight excluding hydrogens is 280 g/mol. The highest BCUT2D eigenvalue weighted by molar-refractivity contribution is 9.09. The molecule has 0 radical (unpaired) electrons. The number of phenolic OH excluding ortho intramolecular Hbond substituents is 1. The van der Waals surface area contributed by atoms with Gasteiger partial charge in [0.1, 0.15) is 11.5 Å². The van der Waals surface area contributed by atoms with Crippen molar-refractivity contribution in [2.24, 2.45) is 0 Å². The van der Waals surface area contributed by atoms with Crippen molar-refractivity contribution in [3.63, 3.8) is 0 Å². The third kappa shape index (κ3) is 3.37. The Labute approximate surface area is 109 Å². The minimum atomic E-state index is 0.281. The minimum Gasteiger partial charge on any atom is -0.508 e. The SMILES string of the molecule is CC(Br)CCOc1ccc2ccc(O)cc2c1. The van der Waals surface area contributed by atoms with Crippen LogP contribution in [0, 0.1) is 0 Å². The van der Waals surface area contributed by atoms with E-state index in [-0.39, 0.29) is 5.75 Å². The van der Waals surface area contributed by atoms with E-state index in [0.717, 1.165) is 22.9 Å². The van der Waals surface area contributed by atoms with Crippen molar-refractivity contribution in [3.8, 4) is 11.5 Å². The molecule has 0 fully saturated rings. The molecule has 0 aliphatic carbocycles. The van der Waals surface area contributed by atoms with Crippen LogP contribution in [0.4, 0.5) is 0 Å². The van der Waals surface area contributed by atoms with Crippen LogP contribution in [0.1, 0.15) is 13.3 Å². The van der Waals surface area contributed by atoms with E-state index in [2.05, 4.69) is 22.9 Å². The van der Waals surface area contributed by atoms with Crippen LogP contribution >= 0.6 is 15.9 Å². The third-order valence-electron chi connectivity index (χ3n) is 2.58. The second-order valence-corrected chi connectivity index (χ2v) is 5.67. The minimum absolute atomic E-state index is 0.281. The molecule has 2 aromatic carbocycles. The summed E-state index contributed by atoms with van der Waals surface area (Å²) in [4.78, 5) is 0.465. The van der Waals surface area contributed by atoms with E-state index >= 15 is 0 Å². The molecule has 0 aromatic heterocycles. The number of rotatable bonds is 4. The monoisotopic (exact) mass is 294 g/mol. The highest BCUT2D eigenvalue weighted by Gasteiger charge is 2.00. The zero-order valence-electron chi connectivity index (χ0n) is 9.69. The molecule has 2 aromatic rings. The Balaban J connectivity index is 2.13. The lowest BCUT2D eigenvalue weighted by Crippen LogP contribution is -2.02. The van der Waals surface area contributed by atoms with Crippen molar-refractivity contribution in [1.82, 2.24) is 0 Å². The molecule has 1 unspecified atom stereocenters. The summed E-state index contributed by atoms with van der Waals surface area (Å²) in [6.07, 6.45) is 0.970. The predicted molar refractivity (Wildman–Crippen MR) is 74.1 cm³/mol. The summed E-state index contributed by atoms with van der Waals surface area (Å²) in [5.74, 6) is 1.12. The lowest BCUT2D eigenvalue weighted by Gasteiger charge is -2.08. The fraction of sp³-hybridized carbons (Fsp3) is 0.286. The van der Waals surface area contributed by atoms with Crippen LogP contribution in [0.2, 0.25) is 0 Å². The average molecular weight is 295 g/mol. The topological polar surface area (TPSA) is 29.5 Å². The lowest BCUT2D eigenvalue weighted by molar-refractivity contribution is 0.312. The van der Waals surface area contributed by atoms with Crippen LogP contribution in [0.5, 0.6) is 11.5 Å². The number of halogens is 1. The Morgan fingerprint density at radius 2 is 1.94 bits per heavy atom. The van der Waals surface area contributed by atoms with Crippen LogP contribution in [-0.4, -0.2) is 16.5 Å². The first kappa shape index (κ1) is 12.2. The van der Waals surface area contributed by atoms with Gasteiger partial charge in [-0.1, -0.05) is 35.0 Å². The summed E-state index contributed by atoms with van der Waals surface area (Å²) in [5, 5.41) is 11.5. The predicted octanol–water partition coefficient (Wildman–Crippen LogP) is 4.10. The largest absolute Gasteiger partial charge is 0.508 e. The van der Waals surface area contributed by atoms with Crippen LogP contribution in [0.15, 0.2) is 36.4 Å². The Bertz CT molecular complexity index is 509. The zero-order chi connectivity index (χ0) is 12.3. The molecule has 0 aliphatic rings. The fourth-order valence-corrected chi connectivity index (χ4v) is 1.83. The molecule has 2 nitrogen and oxygen atoms in total. The highest BCUT2D eigenvalue weighted by atomic mass is 79.9. The Hall–Kier alpha value is -1.22. The maximum atomic E-state index is 9.42. The Morgan fingerprint density at radius 1 is 1.18 bits per heavy atom. The molecule has 0 aliphatic heterocycles. The molecule has 0 bridgehead atoms. The van der Waals surface area contributed by atoms with E-state index < -0.39 is 0 Å². The van der Waals surface area contributed by atoms with E-state index in [4.69, 9.17) is 4.74 Å². The van der Waals surface area contributed by atoms with Gasteiger partial charge in [0.2, 0.25) is 0 Å². The van der Waals surface area contributed by atoms with Crippen molar-refractivity contribution in [1.29, 1.82) is 0 Å². The maximum absolute atomic E-state index is 9.42. The maximum Gasteiger partial charge on any atom is 0.119 e. The van der Waals surface area contributed by atoms with Crippen LogP contribution < -0.4 is 4.74 Å². The van der Waals surface area contributed by atoms with Crippen molar-refractivity contribution < 1.29 is 9.84 Å². The number of fused-ring (bicyclic) bond motifs is 1. The number of hydrogen-bond donors (Lipinski definition) is 1. The quantitative estimate of drug-likeness (QED) is 0.861. The van der Waals surface area contributed by atoms with Crippen LogP contribution in [0.3, 0.4) is 0 Å². The van der Waals surface area contributed by atoms with E-state index in [1.165, 1.54) is 0 Å². The lowest BCUT2D eigenvalue weighted by atomic mass is 10.1. The third-order valence-corrected chi connectivity index (χ3v) is 3.04. The molecule has 17 heavy (non-hydrogen) atoms. The standard InChI is InChI=1S/C14H15BrO2/c1-10(15)6-7-17-14-5-3-11-2-4-13(16)8-12(11)9-14/h2-5,8-10,16H,6-7H2,1H3. The van der Waals surface area contributed by atoms with Gasteiger partial charge >= 0.3 is 0 Å². The summed E-state index contributed by atoms with van der Waals surface area (Å²) < 4.78 is 5.65. The van der Waals surface area contributed by atoms with Crippen molar-refractivity contribution in [3.05, 3.63) is 36.4 Å². The molecule has 1 atom stereocenters. The van der Waals surface area contributed by atoms with Gasteiger partial charge in [-0.3, -0.25) is 0 Å². The van der Waals surface area contributed by atoms with Crippen LogP contribution in [0.25, 0.3) is 10.8 Å². The van der Waals surface area contributed by atoms with Gasteiger partial charge in [0.15, 0.2) is 0 Å². The Kier molecular flexibility index (Phi) is 3.89. The van der Waals surface area contributed by atoms with Crippen molar-refractivity contribution in [2.45, 2.75) is 18.2 Å². The highest BCUT2D eigenvalue weighted by Crippen LogP contribution is 2.24. The number of aromatic hydroxyl groups is 1. The van der Waals surface area contributed by atoms with Crippen molar-refractivity contribution >= 4 is 26.7 Å². The number of hydrogen-bond acceptors (Lipinski definition) is 2. The Morgan fingerprint density at radius 3 is 2.71 bits per heavy atom. The van der Waals surface area contributed by atoms with E-state index in [1.807, 2.05) is 24.3 Å². The van der Waals surface area contributed by atoms with E-state index in [1.54, 1.807) is 12.1 Å². The molecule has 0 saturated carbocycles. The number of ether oxygens (including phenoxy) is 1. The van der Waals surface area contributed by atoms with Gasteiger partial charge in [-0.05, 0) is 41.5 Å². The second-order valence-electron chi connectivity index (χ2n) is 4.11. The molecular formula is C14H15BrO2. The molecule has 3 heteroatoms. The summed E-state index contributed by atoms with van der Waals surface area (Å²) >= 11 is 3.48. The first-order valence-corrected chi connectivity index (χ1v) is 6.56. The fourth-order valence-electron chi connectivity index (χ4n) is 1.64. The van der Waals surface area contributed by atoms with Gasteiger partial charge < -0.3 is 9.84 Å². The molecule has 90 valence electrons. The first-order chi connectivity index (χ1) is 8.15. The van der Waals surface area contributed by atoms with Gasteiger partial charge in [-0.2, -0.15) is 0 Å². The second kappa shape index (κ2) is 5.41. The van der Waals surface area contributed by atoms with Crippen LogP contribution in [-0.2, 0) is 0 Å². The number of benzene rings is 2. The average Bonchev–Trinajstić information content (AvgIpc) is 2.28. The number of phenols is 1. The summed E-state index contributed by atoms with van der Waals surface area (Å²) in [6.45, 7) is 2.79. The van der Waals surface area contributed by atoms with E-state index in [9.17, 15) is 5.11 Å². The normalized spacial score (nSPS) is 12.6. The van der Waals surface area contributed by atoms with Gasteiger partial charge in [0, 0.05) is 4.83 Å². The van der Waals surface area contributed by atoms with Gasteiger partial charge in [-0.25, -0.2) is 0 Å². The summed E-state index contributed by atoms with van der Waals surface area (Å²) in [5.41, 5.74) is 0. The summed E-state index contributed by atoms with van der Waals surface area (Å²) in [6, 6.07) is 11.2. The molecule has 0 heterocycles. The molecule has 2 rings (SSSR count).